The maximum atomic E-state index is 12.1. The Labute approximate surface area is 161 Å². The molecule has 3 aromatic rings. The molecule has 0 aliphatic heterocycles. The van der Waals surface area contributed by atoms with E-state index in [0.29, 0.717) is 22.0 Å². The van der Waals surface area contributed by atoms with Crippen LogP contribution in [0.4, 0.5) is 5.69 Å². The second kappa shape index (κ2) is 8.27. The molecule has 0 aliphatic rings. The van der Waals surface area contributed by atoms with Gasteiger partial charge in [-0.05, 0) is 48.7 Å². The second-order valence-corrected chi connectivity index (χ2v) is 6.71. The van der Waals surface area contributed by atoms with Gasteiger partial charge < -0.3 is 14.5 Å². The summed E-state index contributed by atoms with van der Waals surface area (Å²) in [5.41, 5.74) is 2.55. The predicted molar refractivity (Wildman–Crippen MR) is 107 cm³/mol. The number of aryl methyl sites for hydroxylation is 2. The van der Waals surface area contributed by atoms with Gasteiger partial charge in [0.25, 0.3) is 5.91 Å². The number of halogens is 1. The van der Waals surface area contributed by atoms with Gasteiger partial charge in [-0.2, -0.15) is 0 Å². The van der Waals surface area contributed by atoms with Crippen LogP contribution >= 0.6 is 11.6 Å². The van der Waals surface area contributed by atoms with Crippen molar-refractivity contribution in [1.82, 2.24) is 0 Å². The lowest BCUT2D eigenvalue weighted by atomic mass is 10.1. The van der Waals surface area contributed by atoms with E-state index in [9.17, 15) is 9.59 Å². The molecule has 3 rings (SSSR count). The zero-order valence-corrected chi connectivity index (χ0v) is 15.9. The molecule has 27 heavy (non-hydrogen) atoms. The van der Waals surface area contributed by atoms with Gasteiger partial charge in [-0.1, -0.05) is 31.0 Å². The van der Waals surface area contributed by atoms with Crippen molar-refractivity contribution >= 4 is 34.2 Å². The van der Waals surface area contributed by atoms with Crippen molar-refractivity contribution < 1.29 is 13.9 Å². The number of rotatable bonds is 6. The summed E-state index contributed by atoms with van der Waals surface area (Å²) in [5.74, 6) is 0.146. The number of hydrogen-bond acceptors (Lipinski definition) is 4. The number of nitrogens with one attached hydrogen (secondary N) is 1. The molecule has 0 aliphatic carbocycles. The molecular weight excluding hydrogens is 366 g/mol. The highest BCUT2D eigenvalue weighted by atomic mass is 35.5. The molecule has 0 atom stereocenters. The van der Waals surface area contributed by atoms with E-state index in [0.717, 1.165) is 29.4 Å². The van der Waals surface area contributed by atoms with Crippen LogP contribution < -0.4 is 15.7 Å². The Bertz CT molecular complexity index is 1040. The number of carbonyl (C=O) groups excluding carboxylic acids is 1. The Morgan fingerprint density at radius 3 is 2.74 bits per heavy atom. The van der Waals surface area contributed by atoms with E-state index in [1.807, 2.05) is 19.1 Å². The number of fused-ring (bicyclic) bond motifs is 1. The zero-order chi connectivity index (χ0) is 19.4. The van der Waals surface area contributed by atoms with Crippen LogP contribution in [0, 0.1) is 6.92 Å². The molecule has 1 N–H and O–H groups in total. The first kappa shape index (κ1) is 19.0. The minimum Gasteiger partial charge on any atom is -0.484 e. The van der Waals surface area contributed by atoms with Crippen LogP contribution in [0.15, 0.2) is 51.7 Å². The monoisotopic (exact) mass is 385 g/mol. The molecule has 1 amide bonds. The van der Waals surface area contributed by atoms with Gasteiger partial charge in [0.15, 0.2) is 6.61 Å². The molecular formula is C21H20ClNO4. The van der Waals surface area contributed by atoms with E-state index in [2.05, 4.69) is 12.2 Å². The first-order valence-corrected chi connectivity index (χ1v) is 9.09. The lowest BCUT2D eigenvalue weighted by Gasteiger charge is -2.10. The van der Waals surface area contributed by atoms with Gasteiger partial charge in [-0.25, -0.2) is 4.79 Å². The molecule has 1 heterocycles. The van der Waals surface area contributed by atoms with E-state index in [1.165, 1.54) is 6.07 Å². The molecule has 0 unspecified atom stereocenters. The zero-order valence-electron chi connectivity index (χ0n) is 15.2. The maximum absolute atomic E-state index is 12.1. The quantitative estimate of drug-likeness (QED) is 0.623. The number of benzene rings is 2. The van der Waals surface area contributed by atoms with Gasteiger partial charge in [-0.15, -0.1) is 0 Å². The molecule has 0 fully saturated rings. The number of hydrogen-bond donors (Lipinski definition) is 1. The van der Waals surface area contributed by atoms with Gasteiger partial charge in [0, 0.05) is 28.2 Å². The summed E-state index contributed by atoms with van der Waals surface area (Å²) < 4.78 is 10.8. The van der Waals surface area contributed by atoms with Crippen LogP contribution in [-0.4, -0.2) is 12.5 Å². The van der Waals surface area contributed by atoms with Crippen LogP contribution in [0.1, 0.15) is 24.5 Å². The number of ether oxygens (including phenoxy) is 1. The van der Waals surface area contributed by atoms with Crippen LogP contribution in [0.2, 0.25) is 5.02 Å². The van der Waals surface area contributed by atoms with Gasteiger partial charge in [0.2, 0.25) is 0 Å². The lowest BCUT2D eigenvalue weighted by molar-refractivity contribution is -0.118. The summed E-state index contributed by atoms with van der Waals surface area (Å²) in [6, 6.07) is 12.1. The average Bonchev–Trinajstić information content (AvgIpc) is 2.63. The standard InChI is InChI=1S/C21H20ClNO4/c1-3-4-14-9-21(25)27-19-11-16(7-8-17(14)19)26-12-20(24)23-15-6-5-13(2)18(22)10-15/h5-11H,3-4,12H2,1-2H3,(H,23,24). The minimum absolute atomic E-state index is 0.171. The van der Waals surface area contributed by atoms with Crippen LogP contribution in [0.5, 0.6) is 5.75 Å². The highest BCUT2D eigenvalue weighted by Crippen LogP contribution is 2.24. The molecule has 1 aromatic heterocycles. The van der Waals surface area contributed by atoms with Crippen molar-refractivity contribution in [2.24, 2.45) is 0 Å². The second-order valence-electron chi connectivity index (χ2n) is 6.30. The lowest BCUT2D eigenvalue weighted by Crippen LogP contribution is -2.20. The first-order chi connectivity index (χ1) is 13.0. The average molecular weight is 386 g/mol. The SMILES string of the molecule is CCCc1cc(=O)oc2cc(OCC(=O)Nc3ccc(C)c(Cl)c3)ccc12. The third-order valence-corrected chi connectivity index (χ3v) is 4.55. The molecule has 0 radical (unpaired) electrons. The number of carbonyl (C=O) groups is 1. The van der Waals surface area contributed by atoms with E-state index < -0.39 is 5.63 Å². The fourth-order valence-electron chi connectivity index (χ4n) is 2.79. The molecule has 0 spiro atoms. The molecule has 0 saturated carbocycles. The maximum Gasteiger partial charge on any atom is 0.336 e. The molecule has 6 heteroatoms. The Kier molecular flexibility index (Phi) is 5.81. The van der Waals surface area contributed by atoms with E-state index in [-0.39, 0.29) is 12.5 Å². The summed E-state index contributed by atoms with van der Waals surface area (Å²) in [6.07, 6.45) is 1.73. The van der Waals surface area contributed by atoms with Gasteiger partial charge in [-0.3, -0.25) is 4.79 Å². The summed E-state index contributed by atoms with van der Waals surface area (Å²) >= 11 is 6.06. The van der Waals surface area contributed by atoms with Crippen molar-refractivity contribution in [1.29, 1.82) is 0 Å². The van der Waals surface area contributed by atoms with Crippen molar-refractivity contribution in [2.75, 3.05) is 11.9 Å². The molecule has 2 aromatic carbocycles. The highest BCUT2D eigenvalue weighted by Gasteiger charge is 2.09. The Morgan fingerprint density at radius 1 is 1.19 bits per heavy atom. The molecule has 0 bridgehead atoms. The largest absolute Gasteiger partial charge is 0.484 e. The number of amides is 1. The highest BCUT2D eigenvalue weighted by molar-refractivity contribution is 6.31. The summed E-state index contributed by atoms with van der Waals surface area (Å²) in [4.78, 5) is 23.8. The Balaban J connectivity index is 1.70. The molecule has 0 saturated heterocycles. The minimum atomic E-state index is -0.392. The Hall–Kier alpha value is -2.79. The summed E-state index contributed by atoms with van der Waals surface area (Å²) in [6.45, 7) is 3.77. The predicted octanol–water partition coefficient (Wildman–Crippen LogP) is 4.72. The van der Waals surface area contributed by atoms with Crippen molar-refractivity contribution in [3.63, 3.8) is 0 Å². The van der Waals surface area contributed by atoms with E-state index >= 15 is 0 Å². The van der Waals surface area contributed by atoms with Gasteiger partial charge in [0.1, 0.15) is 11.3 Å². The van der Waals surface area contributed by atoms with Crippen LogP contribution in [0.25, 0.3) is 11.0 Å². The summed E-state index contributed by atoms with van der Waals surface area (Å²) in [5, 5.41) is 4.19. The fourth-order valence-corrected chi connectivity index (χ4v) is 2.97. The summed E-state index contributed by atoms with van der Waals surface area (Å²) in [7, 11) is 0. The first-order valence-electron chi connectivity index (χ1n) is 8.72. The van der Waals surface area contributed by atoms with E-state index in [1.54, 1.807) is 24.3 Å². The van der Waals surface area contributed by atoms with Crippen LogP contribution in [0.3, 0.4) is 0 Å². The third kappa shape index (κ3) is 4.68. The van der Waals surface area contributed by atoms with Gasteiger partial charge >= 0.3 is 5.63 Å². The van der Waals surface area contributed by atoms with Gasteiger partial charge in [0.05, 0.1) is 0 Å². The fraction of sp³-hybridized carbons (Fsp3) is 0.238. The van der Waals surface area contributed by atoms with Crippen molar-refractivity contribution in [3.05, 3.63) is 69.0 Å². The van der Waals surface area contributed by atoms with Crippen molar-refractivity contribution in [2.45, 2.75) is 26.7 Å². The van der Waals surface area contributed by atoms with Crippen LogP contribution in [-0.2, 0) is 11.2 Å². The van der Waals surface area contributed by atoms with E-state index in [4.69, 9.17) is 20.8 Å². The smallest absolute Gasteiger partial charge is 0.336 e. The molecule has 5 nitrogen and oxygen atoms in total. The Morgan fingerprint density at radius 2 is 2.00 bits per heavy atom. The normalized spacial score (nSPS) is 10.8. The third-order valence-electron chi connectivity index (χ3n) is 4.15. The number of anilines is 1. The molecule has 140 valence electrons. The topological polar surface area (TPSA) is 68.5 Å². The van der Waals surface area contributed by atoms with Crippen molar-refractivity contribution in [3.8, 4) is 5.75 Å².